The van der Waals surface area contributed by atoms with E-state index in [2.05, 4.69) is 5.32 Å². The molecular weight excluding hydrogens is 368 g/mol. The number of benzene rings is 1. The van der Waals surface area contributed by atoms with Gasteiger partial charge in [-0.15, -0.1) is 0 Å². The second kappa shape index (κ2) is 8.39. The van der Waals surface area contributed by atoms with Crippen molar-refractivity contribution in [1.82, 2.24) is 9.62 Å². The van der Waals surface area contributed by atoms with Gasteiger partial charge in [0.05, 0.1) is 12.0 Å². The second-order valence-electron chi connectivity index (χ2n) is 7.12. The van der Waals surface area contributed by atoms with Gasteiger partial charge < -0.3 is 10.1 Å². The van der Waals surface area contributed by atoms with Crippen molar-refractivity contribution in [1.29, 1.82) is 0 Å². The van der Waals surface area contributed by atoms with Gasteiger partial charge in [0.15, 0.2) is 0 Å². The van der Waals surface area contributed by atoms with Crippen LogP contribution < -0.4 is 5.32 Å². The molecule has 0 radical (unpaired) electrons. The van der Waals surface area contributed by atoms with E-state index >= 15 is 0 Å². The van der Waals surface area contributed by atoms with E-state index in [0.29, 0.717) is 13.0 Å². The van der Waals surface area contributed by atoms with Gasteiger partial charge in [-0.05, 0) is 57.4 Å². The predicted octanol–water partition coefficient (Wildman–Crippen LogP) is 2.32. The number of nitrogens with zero attached hydrogens (tertiary/aromatic N) is 1. The van der Waals surface area contributed by atoms with Crippen LogP contribution in [0.25, 0.3) is 0 Å². The molecule has 2 atom stereocenters. The first kappa shape index (κ1) is 21.4. The minimum absolute atomic E-state index is 0.0305. The average Bonchev–Trinajstić information content (AvgIpc) is 2.67. The third-order valence-electron chi connectivity index (χ3n) is 5.20. The van der Waals surface area contributed by atoms with Crippen LogP contribution in [0.5, 0.6) is 0 Å². The molecule has 0 saturated carbocycles. The Morgan fingerprint density at radius 3 is 2.41 bits per heavy atom. The topological polar surface area (TPSA) is 92.8 Å². The standard InChI is InChI=1S/C19H28N2O5S/c1-5-19(3,18(23)26-4)20-17(22)15-9-11-16(12-10-15)27(24,25)21-13-7-6-8-14(21)2/h9-12,14H,5-8,13H2,1-4H3,(H,20,22). The van der Waals surface area contributed by atoms with Crippen molar-refractivity contribution >= 4 is 21.9 Å². The van der Waals surface area contributed by atoms with Gasteiger partial charge in [-0.3, -0.25) is 4.79 Å². The van der Waals surface area contributed by atoms with Gasteiger partial charge in [-0.25, -0.2) is 13.2 Å². The molecule has 1 amide bonds. The number of piperidine rings is 1. The van der Waals surface area contributed by atoms with Gasteiger partial charge in [0.1, 0.15) is 5.54 Å². The molecule has 2 rings (SSSR count). The molecule has 7 nitrogen and oxygen atoms in total. The molecule has 0 spiro atoms. The summed E-state index contributed by atoms with van der Waals surface area (Å²) in [6.07, 6.45) is 3.10. The Bertz CT molecular complexity index is 791. The highest BCUT2D eigenvalue weighted by Crippen LogP contribution is 2.25. The molecule has 1 aromatic rings. The normalized spacial score (nSPS) is 20.5. The number of hydrogen-bond donors (Lipinski definition) is 1. The van der Waals surface area contributed by atoms with E-state index in [1.807, 2.05) is 6.92 Å². The minimum Gasteiger partial charge on any atom is -0.467 e. The molecule has 27 heavy (non-hydrogen) atoms. The van der Waals surface area contributed by atoms with Gasteiger partial charge >= 0.3 is 5.97 Å². The number of hydrogen-bond acceptors (Lipinski definition) is 5. The molecule has 1 aliphatic heterocycles. The number of methoxy groups -OCH3 is 1. The van der Waals surface area contributed by atoms with Crippen molar-refractivity contribution in [2.45, 2.75) is 62.9 Å². The fourth-order valence-electron chi connectivity index (χ4n) is 3.17. The highest BCUT2D eigenvalue weighted by atomic mass is 32.2. The number of sulfonamides is 1. The Labute approximate surface area is 161 Å². The molecule has 1 saturated heterocycles. The summed E-state index contributed by atoms with van der Waals surface area (Å²) in [5, 5.41) is 2.67. The summed E-state index contributed by atoms with van der Waals surface area (Å²) in [7, 11) is -2.32. The van der Waals surface area contributed by atoms with E-state index < -0.39 is 27.4 Å². The summed E-state index contributed by atoms with van der Waals surface area (Å²) in [4.78, 5) is 24.5. The summed E-state index contributed by atoms with van der Waals surface area (Å²) < 4.78 is 32.0. The highest BCUT2D eigenvalue weighted by molar-refractivity contribution is 7.89. The monoisotopic (exact) mass is 396 g/mol. The Morgan fingerprint density at radius 1 is 1.26 bits per heavy atom. The van der Waals surface area contributed by atoms with Crippen LogP contribution in [-0.2, 0) is 19.6 Å². The van der Waals surface area contributed by atoms with Crippen LogP contribution in [0.2, 0.25) is 0 Å². The molecule has 150 valence electrons. The van der Waals surface area contributed by atoms with Gasteiger partial charge in [-0.1, -0.05) is 13.3 Å². The SMILES string of the molecule is CCC(C)(NC(=O)c1ccc(S(=O)(=O)N2CCCCC2C)cc1)C(=O)OC. The van der Waals surface area contributed by atoms with E-state index in [-0.39, 0.29) is 16.5 Å². The lowest BCUT2D eigenvalue weighted by Gasteiger charge is -2.32. The quantitative estimate of drug-likeness (QED) is 0.745. The van der Waals surface area contributed by atoms with Crippen molar-refractivity contribution in [2.75, 3.05) is 13.7 Å². The zero-order valence-electron chi connectivity index (χ0n) is 16.3. The molecule has 8 heteroatoms. The van der Waals surface area contributed by atoms with E-state index in [1.165, 1.54) is 35.7 Å². The number of carbonyl (C=O) groups is 2. The van der Waals surface area contributed by atoms with Gasteiger partial charge in [-0.2, -0.15) is 4.31 Å². The maximum Gasteiger partial charge on any atom is 0.331 e. The first-order chi connectivity index (χ1) is 12.7. The number of amides is 1. The zero-order valence-corrected chi connectivity index (χ0v) is 17.1. The molecule has 1 N–H and O–H groups in total. The summed E-state index contributed by atoms with van der Waals surface area (Å²) >= 11 is 0. The average molecular weight is 397 g/mol. The Morgan fingerprint density at radius 2 is 1.89 bits per heavy atom. The van der Waals surface area contributed by atoms with Crippen LogP contribution in [0.15, 0.2) is 29.2 Å². The lowest BCUT2D eigenvalue weighted by Crippen LogP contribution is -2.52. The van der Waals surface area contributed by atoms with Crippen molar-refractivity contribution in [3.05, 3.63) is 29.8 Å². The molecule has 2 unspecified atom stereocenters. The number of nitrogens with one attached hydrogen (secondary N) is 1. The van der Waals surface area contributed by atoms with Crippen molar-refractivity contribution in [3.8, 4) is 0 Å². The summed E-state index contributed by atoms with van der Waals surface area (Å²) in [5.74, 6) is -0.989. The van der Waals surface area contributed by atoms with Crippen LogP contribution in [0.4, 0.5) is 0 Å². The minimum atomic E-state index is -3.58. The van der Waals surface area contributed by atoms with Crippen molar-refractivity contribution in [3.63, 3.8) is 0 Å². The molecule has 0 bridgehead atoms. The highest BCUT2D eigenvalue weighted by Gasteiger charge is 2.35. The maximum atomic E-state index is 12.8. The van der Waals surface area contributed by atoms with Crippen LogP contribution in [0.1, 0.15) is 56.8 Å². The Kier molecular flexibility index (Phi) is 6.64. The molecule has 1 aliphatic rings. The van der Waals surface area contributed by atoms with E-state index in [0.717, 1.165) is 19.3 Å². The smallest absolute Gasteiger partial charge is 0.331 e. The lowest BCUT2D eigenvalue weighted by molar-refractivity contribution is -0.147. The zero-order chi connectivity index (χ0) is 20.2. The van der Waals surface area contributed by atoms with Gasteiger partial charge in [0, 0.05) is 18.2 Å². The number of esters is 1. The molecule has 1 aromatic carbocycles. The lowest BCUT2D eigenvalue weighted by atomic mass is 9.98. The van der Waals surface area contributed by atoms with Crippen LogP contribution in [-0.4, -0.2) is 49.8 Å². The number of rotatable bonds is 6. The van der Waals surface area contributed by atoms with E-state index in [9.17, 15) is 18.0 Å². The van der Waals surface area contributed by atoms with Gasteiger partial charge in [0.25, 0.3) is 5.91 Å². The van der Waals surface area contributed by atoms with Crippen molar-refractivity contribution in [2.24, 2.45) is 0 Å². The number of ether oxygens (including phenoxy) is 1. The predicted molar refractivity (Wildman–Crippen MR) is 102 cm³/mol. The fourth-order valence-corrected chi connectivity index (χ4v) is 4.87. The largest absolute Gasteiger partial charge is 0.467 e. The maximum absolute atomic E-state index is 12.8. The Hall–Kier alpha value is -1.93. The van der Waals surface area contributed by atoms with Crippen LogP contribution in [0, 0.1) is 0 Å². The summed E-state index contributed by atoms with van der Waals surface area (Å²) in [6, 6.07) is 5.77. The first-order valence-corrected chi connectivity index (χ1v) is 10.6. The molecule has 0 aromatic heterocycles. The van der Waals surface area contributed by atoms with Crippen LogP contribution >= 0.6 is 0 Å². The third kappa shape index (κ3) is 4.50. The van der Waals surface area contributed by atoms with E-state index in [4.69, 9.17) is 4.74 Å². The summed E-state index contributed by atoms with van der Waals surface area (Å²) in [5.41, 5.74) is -0.857. The number of carbonyl (C=O) groups excluding carboxylic acids is 2. The van der Waals surface area contributed by atoms with Crippen LogP contribution in [0.3, 0.4) is 0 Å². The molecule has 1 fully saturated rings. The first-order valence-electron chi connectivity index (χ1n) is 9.18. The van der Waals surface area contributed by atoms with Crippen molar-refractivity contribution < 1.29 is 22.7 Å². The molecule has 1 heterocycles. The molecule has 0 aliphatic carbocycles. The third-order valence-corrected chi connectivity index (χ3v) is 7.23. The Balaban J connectivity index is 2.19. The fraction of sp³-hybridized carbons (Fsp3) is 0.579. The van der Waals surface area contributed by atoms with Gasteiger partial charge in [0.2, 0.25) is 10.0 Å². The van der Waals surface area contributed by atoms with E-state index in [1.54, 1.807) is 13.8 Å². The second-order valence-corrected chi connectivity index (χ2v) is 9.01. The summed E-state index contributed by atoms with van der Waals surface area (Å²) in [6.45, 7) is 5.79. The molecular formula is C19H28N2O5S.